The Hall–Kier alpha value is -2.32. The quantitative estimate of drug-likeness (QED) is 0.513. The molecule has 1 atom stereocenters. The van der Waals surface area contributed by atoms with Gasteiger partial charge in [0.15, 0.2) is 5.54 Å². The van der Waals surface area contributed by atoms with Crippen molar-refractivity contribution >= 4 is 21.7 Å². The first-order chi connectivity index (χ1) is 14.6. The second kappa shape index (κ2) is 10.8. The Balaban J connectivity index is 2.05. The van der Waals surface area contributed by atoms with Crippen molar-refractivity contribution in [1.82, 2.24) is 9.21 Å². The lowest BCUT2D eigenvalue weighted by Crippen LogP contribution is -2.57. The lowest BCUT2D eigenvalue weighted by molar-refractivity contribution is -0.140. The van der Waals surface area contributed by atoms with Gasteiger partial charge in [0.2, 0.25) is 10.0 Å². The predicted molar refractivity (Wildman–Crippen MR) is 121 cm³/mol. The van der Waals surface area contributed by atoms with Gasteiger partial charge < -0.3 is 20.5 Å². The summed E-state index contributed by atoms with van der Waals surface area (Å²) in [4.78, 5) is 15.8. The number of carbonyl (C=O) groups is 1. The van der Waals surface area contributed by atoms with E-state index in [1.165, 1.54) is 4.31 Å². The third-order valence-electron chi connectivity index (χ3n) is 5.37. The van der Waals surface area contributed by atoms with E-state index in [1.54, 1.807) is 7.11 Å². The summed E-state index contributed by atoms with van der Waals surface area (Å²) >= 11 is 0. The maximum absolute atomic E-state index is 12.9. The molecule has 1 aliphatic heterocycles. The van der Waals surface area contributed by atoms with Gasteiger partial charge in [-0.15, -0.1) is 0 Å². The van der Waals surface area contributed by atoms with Crippen molar-refractivity contribution in [3.8, 4) is 17.6 Å². The topological polar surface area (TPSA) is 116 Å². The van der Waals surface area contributed by atoms with Crippen LogP contribution in [0.4, 0.5) is 5.69 Å². The van der Waals surface area contributed by atoms with Gasteiger partial charge >= 0.3 is 5.97 Å². The molecule has 0 bridgehead atoms. The third kappa shape index (κ3) is 6.58. The Morgan fingerprint density at radius 3 is 2.26 bits per heavy atom. The van der Waals surface area contributed by atoms with E-state index >= 15 is 0 Å². The molecule has 1 heterocycles. The number of hydrogen-bond acceptors (Lipinski definition) is 7. The van der Waals surface area contributed by atoms with Gasteiger partial charge in [0.05, 0.1) is 13.7 Å². The Bertz CT molecular complexity index is 898. The molecule has 1 fully saturated rings. The van der Waals surface area contributed by atoms with E-state index in [0.29, 0.717) is 19.6 Å². The minimum Gasteiger partial charge on any atom is -0.497 e. The molecule has 1 unspecified atom stereocenters. The van der Waals surface area contributed by atoms with Crippen molar-refractivity contribution in [2.45, 2.75) is 19.4 Å². The second-order valence-electron chi connectivity index (χ2n) is 7.38. The number of rotatable bonds is 9. The van der Waals surface area contributed by atoms with Crippen molar-refractivity contribution in [2.75, 3.05) is 63.6 Å². The third-order valence-corrected chi connectivity index (χ3v) is 7.34. The molecule has 1 aromatic carbocycles. The Morgan fingerprint density at radius 2 is 1.77 bits per heavy atom. The van der Waals surface area contributed by atoms with E-state index < -0.39 is 27.3 Å². The molecule has 172 valence electrons. The van der Waals surface area contributed by atoms with E-state index in [4.69, 9.17) is 10.5 Å². The van der Waals surface area contributed by atoms with Gasteiger partial charge in [0.25, 0.3) is 0 Å². The van der Waals surface area contributed by atoms with Crippen LogP contribution < -0.4 is 15.4 Å². The number of piperazine rings is 1. The maximum atomic E-state index is 12.9. The Morgan fingerprint density at radius 1 is 1.19 bits per heavy atom. The van der Waals surface area contributed by atoms with Crippen molar-refractivity contribution in [3.63, 3.8) is 0 Å². The fraction of sp³-hybridized carbons (Fsp3) is 0.571. The van der Waals surface area contributed by atoms with Crippen LogP contribution in [-0.2, 0) is 14.8 Å². The maximum Gasteiger partial charge on any atom is 0.337 e. The molecule has 0 aliphatic carbocycles. The predicted octanol–water partition coefficient (Wildman–Crippen LogP) is 0.274. The molecule has 0 amide bonds. The number of hydrogen-bond donors (Lipinski definition) is 2. The second-order valence-corrected chi connectivity index (χ2v) is 9.35. The van der Waals surface area contributed by atoms with Crippen LogP contribution in [0.25, 0.3) is 0 Å². The summed E-state index contributed by atoms with van der Waals surface area (Å²) in [6, 6.07) is 7.55. The Kier molecular flexibility index (Phi) is 8.70. The van der Waals surface area contributed by atoms with Crippen LogP contribution in [0.1, 0.15) is 13.8 Å². The molecule has 3 N–H and O–H groups in total. The molecule has 10 heteroatoms. The smallest absolute Gasteiger partial charge is 0.337 e. The van der Waals surface area contributed by atoms with E-state index in [0.717, 1.165) is 24.5 Å². The first kappa shape index (κ1) is 24.9. The van der Waals surface area contributed by atoms with Crippen LogP contribution in [0.2, 0.25) is 0 Å². The summed E-state index contributed by atoms with van der Waals surface area (Å²) in [5.74, 6) is 3.78. The van der Waals surface area contributed by atoms with Gasteiger partial charge in [0, 0.05) is 31.9 Å². The molecule has 0 saturated carbocycles. The van der Waals surface area contributed by atoms with Crippen molar-refractivity contribution in [3.05, 3.63) is 24.3 Å². The molecule has 2 rings (SSSR count). The van der Waals surface area contributed by atoms with E-state index in [9.17, 15) is 18.3 Å². The first-order valence-electron chi connectivity index (χ1n) is 10.3. The van der Waals surface area contributed by atoms with Crippen LogP contribution in [0.3, 0.4) is 0 Å². The minimum atomic E-state index is -3.90. The largest absolute Gasteiger partial charge is 0.497 e. The molecule has 0 spiro atoms. The minimum absolute atomic E-state index is 0.247. The SMILES string of the molecule is CCN(CC)CC#CC(N)(CS(=O)(=O)N1CCN(c2ccc(OC)cc2)CC1)C(=O)O. The zero-order valence-electron chi connectivity index (χ0n) is 18.4. The summed E-state index contributed by atoms with van der Waals surface area (Å²) in [5.41, 5.74) is 4.75. The van der Waals surface area contributed by atoms with Crippen molar-refractivity contribution in [2.24, 2.45) is 5.73 Å². The highest BCUT2D eigenvalue weighted by atomic mass is 32.2. The molecule has 31 heavy (non-hydrogen) atoms. The van der Waals surface area contributed by atoms with Crippen LogP contribution in [0, 0.1) is 11.8 Å². The van der Waals surface area contributed by atoms with E-state index in [1.807, 2.05) is 43.0 Å². The first-order valence-corrected chi connectivity index (χ1v) is 11.9. The van der Waals surface area contributed by atoms with E-state index in [-0.39, 0.29) is 13.1 Å². The zero-order chi connectivity index (χ0) is 23.1. The molecule has 0 radical (unpaired) electrons. The van der Waals surface area contributed by atoms with Crippen LogP contribution in [0.15, 0.2) is 24.3 Å². The van der Waals surface area contributed by atoms with Gasteiger partial charge in [0.1, 0.15) is 11.5 Å². The van der Waals surface area contributed by atoms with Gasteiger partial charge in [-0.3, -0.25) is 4.90 Å². The monoisotopic (exact) mass is 452 g/mol. The molecule has 0 aromatic heterocycles. The summed E-state index contributed by atoms with van der Waals surface area (Å²) < 4.78 is 32.3. The highest BCUT2D eigenvalue weighted by molar-refractivity contribution is 7.89. The summed E-state index contributed by atoms with van der Waals surface area (Å²) in [5, 5.41) is 9.56. The lowest BCUT2D eigenvalue weighted by atomic mass is 10.1. The average Bonchev–Trinajstić information content (AvgIpc) is 2.76. The fourth-order valence-corrected chi connectivity index (χ4v) is 4.98. The van der Waals surface area contributed by atoms with E-state index in [2.05, 4.69) is 16.7 Å². The lowest BCUT2D eigenvalue weighted by Gasteiger charge is -2.36. The van der Waals surface area contributed by atoms with Gasteiger partial charge in [-0.25, -0.2) is 13.2 Å². The number of ether oxygens (including phenoxy) is 1. The molecule has 9 nitrogen and oxygen atoms in total. The van der Waals surface area contributed by atoms with Crippen LogP contribution in [0.5, 0.6) is 5.75 Å². The Labute approximate surface area is 184 Å². The van der Waals surface area contributed by atoms with Crippen LogP contribution in [-0.4, -0.2) is 92.9 Å². The number of nitrogens with zero attached hydrogens (tertiary/aromatic N) is 3. The van der Waals surface area contributed by atoms with Gasteiger partial charge in [-0.1, -0.05) is 25.7 Å². The highest BCUT2D eigenvalue weighted by Crippen LogP contribution is 2.22. The summed E-state index contributed by atoms with van der Waals surface area (Å²) in [7, 11) is -2.30. The molecule has 1 aliphatic rings. The number of methoxy groups -OCH3 is 1. The van der Waals surface area contributed by atoms with Gasteiger partial charge in [-0.2, -0.15) is 4.31 Å². The summed E-state index contributed by atoms with van der Waals surface area (Å²) in [6.07, 6.45) is 0. The molecular formula is C21H32N4O5S. The van der Waals surface area contributed by atoms with Crippen molar-refractivity contribution < 1.29 is 23.1 Å². The number of sulfonamides is 1. The highest BCUT2D eigenvalue weighted by Gasteiger charge is 2.40. The molecule has 1 aromatic rings. The summed E-state index contributed by atoms with van der Waals surface area (Å²) in [6.45, 7) is 7.25. The van der Waals surface area contributed by atoms with Crippen molar-refractivity contribution in [1.29, 1.82) is 0 Å². The average molecular weight is 453 g/mol. The number of aliphatic carboxylic acids is 1. The standard InChI is InChI=1S/C21H32N4O5S/c1-4-23(5-2)12-6-11-21(22,20(26)27)17-31(28,29)25-15-13-24(14-16-25)18-7-9-19(30-3)10-8-18/h7-10H,4-5,12-17,22H2,1-3H3,(H,26,27). The number of nitrogens with two attached hydrogens (primary N) is 1. The van der Waals surface area contributed by atoms with Crippen LogP contribution >= 0.6 is 0 Å². The number of anilines is 1. The molecule has 1 saturated heterocycles. The number of carboxylic acids is 1. The number of carboxylic acid groups (broad SMARTS) is 1. The normalized spacial score (nSPS) is 17.0. The number of benzene rings is 1. The fourth-order valence-electron chi connectivity index (χ4n) is 3.30. The molecular weight excluding hydrogens is 420 g/mol. The zero-order valence-corrected chi connectivity index (χ0v) is 19.2. The van der Waals surface area contributed by atoms with Gasteiger partial charge in [-0.05, 0) is 37.4 Å².